The van der Waals surface area contributed by atoms with Crippen molar-refractivity contribution >= 4 is 5.97 Å². The molecule has 0 amide bonds. The van der Waals surface area contributed by atoms with Crippen molar-refractivity contribution in [2.75, 3.05) is 13.1 Å². The zero-order valence-corrected chi connectivity index (χ0v) is 11.6. The highest BCUT2D eigenvalue weighted by atomic mass is 16.4. The highest BCUT2D eigenvalue weighted by Gasteiger charge is 2.34. The molecule has 0 saturated heterocycles. The van der Waals surface area contributed by atoms with Crippen molar-refractivity contribution in [3.05, 3.63) is 0 Å². The molecule has 0 aromatic rings. The molecule has 2 unspecified atom stereocenters. The number of carboxylic acids is 1. The van der Waals surface area contributed by atoms with Gasteiger partial charge in [0.1, 0.15) is 0 Å². The number of hydrogen-bond acceptors (Lipinski definition) is 2. The van der Waals surface area contributed by atoms with Gasteiger partial charge >= 0.3 is 5.97 Å². The van der Waals surface area contributed by atoms with Crippen LogP contribution in [0.15, 0.2) is 0 Å². The number of aliphatic carboxylic acids is 1. The average molecular weight is 253 g/mol. The summed E-state index contributed by atoms with van der Waals surface area (Å²) in [6, 6.07) is 0.288. The SMILES string of the molecule is CCN(CC1CCC1)C1CCCCCC1C(=O)O. The van der Waals surface area contributed by atoms with E-state index in [9.17, 15) is 9.90 Å². The third-order valence-electron chi connectivity index (χ3n) is 4.89. The fourth-order valence-electron chi connectivity index (χ4n) is 3.52. The van der Waals surface area contributed by atoms with E-state index < -0.39 is 5.97 Å². The lowest BCUT2D eigenvalue weighted by Gasteiger charge is -2.38. The Morgan fingerprint density at radius 2 is 1.83 bits per heavy atom. The molecule has 18 heavy (non-hydrogen) atoms. The van der Waals surface area contributed by atoms with Gasteiger partial charge in [0.05, 0.1) is 5.92 Å². The summed E-state index contributed by atoms with van der Waals surface area (Å²) in [4.78, 5) is 13.9. The van der Waals surface area contributed by atoms with E-state index in [1.807, 2.05) is 0 Å². The lowest BCUT2D eigenvalue weighted by atomic mass is 9.83. The number of hydrogen-bond donors (Lipinski definition) is 1. The van der Waals surface area contributed by atoms with Crippen LogP contribution in [0.2, 0.25) is 0 Å². The first kappa shape index (κ1) is 13.9. The zero-order chi connectivity index (χ0) is 13.0. The van der Waals surface area contributed by atoms with Crippen LogP contribution in [0.4, 0.5) is 0 Å². The summed E-state index contributed by atoms with van der Waals surface area (Å²) in [5.41, 5.74) is 0. The Labute approximate surface area is 111 Å². The summed E-state index contributed by atoms with van der Waals surface area (Å²) in [5.74, 6) is 0.129. The van der Waals surface area contributed by atoms with E-state index in [2.05, 4.69) is 11.8 Å². The molecule has 2 rings (SSSR count). The molecule has 3 heteroatoms. The van der Waals surface area contributed by atoms with Gasteiger partial charge in [-0.2, -0.15) is 0 Å². The van der Waals surface area contributed by atoms with Crippen molar-refractivity contribution in [3.63, 3.8) is 0 Å². The Balaban J connectivity index is 2.00. The molecule has 0 aromatic heterocycles. The van der Waals surface area contributed by atoms with E-state index in [1.54, 1.807) is 0 Å². The highest BCUT2D eigenvalue weighted by Crippen LogP contribution is 2.32. The summed E-state index contributed by atoms with van der Waals surface area (Å²) in [7, 11) is 0. The van der Waals surface area contributed by atoms with Crippen LogP contribution < -0.4 is 0 Å². The zero-order valence-electron chi connectivity index (χ0n) is 11.6. The maximum Gasteiger partial charge on any atom is 0.308 e. The number of nitrogens with zero attached hydrogens (tertiary/aromatic N) is 1. The summed E-state index contributed by atoms with van der Waals surface area (Å²) in [5, 5.41) is 9.46. The molecule has 2 aliphatic rings. The first-order valence-electron chi connectivity index (χ1n) is 7.69. The molecule has 1 N–H and O–H groups in total. The van der Waals surface area contributed by atoms with Crippen LogP contribution in [0, 0.1) is 11.8 Å². The monoisotopic (exact) mass is 253 g/mol. The fraction of sp³-hybridized carbons (Fsp3) is 0.933. The summed E-state index contributed by atoms with van der Waals surface area (Å²) in [6.45, 7) is 4.32. The largest absolute Gasteiger partial charge is 0.481 e. The van der Waals surface area contributed by atoms with Crippen molar-refractivity contribution in [2.45, 2.75) is 64.3 Å². The molecule has 104 valence electrons. The van der Waals surface area contributed by atoms with Crippen LogP contribution in [-0.4, -0.2) is 35.1 Å². The van der Waals surface area contributed by atoms with Gasteiger partial charge in [-0.25, -0.2) is 0 Å². The maximum absolute atomic E-state index is 11.5. The van der Waals surface area contributed by atoms with Crippen molar-refractivity contribution < 1.29 is 9.90 Å². The van der Waals surface area contributed by atoms with Gasteiger partial charge in [-0.1, -0.05) is 32.6 Å². The molecular weight excluding hydrogens is 226 g/mol. The average Bonchev–Trinajstić information content (AvgIpc) is 2.53. The molecule has 3 nitrogen and oxygen atoms in total. The molecular formula is C15H27NO2. The minimum absolute atomic E-state index is 0.132. The number of rotatable bonds is 5. The molecule has 0 bridgehead atoms. The van der Waals surface area contributed by atoms with E-state index in [0.29, 0.717) is 0 Å². The molecule has 2 fully saturated rings. The Morgan fingerprint density at radius 1 is 1.11 bits per heavy atom. The third kappa shape index (κ3) is 3.25. The van der Waals surface area contributed by atoms with Crippen molar-refractivity contribution in [3.8, 4) is 0 Å². The second-order valence-corrected chi connectivity index (χ2v) is 6.03. The normalized spacial score (nSPS) is 29.9. The highest BCUT2D eigenvalue weighted by molar-refractivity contribution is 5.70. The predicted molar refractivity (Wildman–Crippen MR) is 72.6 cm³/mol. The van der Waals surface area contributed by atoms with E-state index in [4.69, 9.17) is 0 Å². The van der Waals surface area contributed by atoms with Gasteiger partial charge < -0.3 is 5.11 Å². The quantitative estimate of drug-likeness (QED) is 0.765. The third-order valence-corrected chi connectivity index (χ3v) is 4.89. The predicted octanol–water partition coefficient (Wildman–Crippen LogP) is 3.14. The molecule has 2 atom stereocenters. The summed E-state index contributed by atoms with van der Waals surface area (Å²) in [6.07, 6.45) is 9.53. The fourth-order valence-corrected chi connectivity index (χ4v) is 3.52. The number of carboxylic acid groups (broad SMARTS) is 1. The second kappa shape index (κ2) is 6.55. The lowest BCUT2D eigenvalue weighted by molar-refractivity contribution is -0.144. The molecule has 0 spiro atoms. The van der Waals surface area contributed by atoms with Gasteiger partial charge in [-0.05, 0) is 38.1 Å². The van der Waals surface area contributed by atoms with E-state index in [0.717, 1.165) is 38.3 Å². The van der Waals surface area contributed by atoms with Crippen molar-refractivity contribution in [1.29, 1.82) is 0 Å². The molecule has 0 heterocycles. The van der Waals surface area contributed by atoms with Crippen LogP contribution in [-0.2, 0) is 4.79 Å². The Morgan fingerprint density at radius 3 is 2.39 bits per heavy atom. The van der Waals surface area contributed by atoms with Gasteiger partial charge in [-0.15, -0.1) is 0 Å². The van der Waals surface area contributed by atoms with Gasteiger partial charge in [0.15, 0.2) is 0 Å². The van der Waals surface area contributed by atoms with Crippen LogP contribution in [0.1, 0.15) is 58.3 Å². The van der Waals surface area contributed by atoms with E-state index >= 15 is 0 Å². The second-order valence-electron chi connectivity index (χ2n) is 6.03. The molecule has 0 aromatic carbocycles. The minimum atomic E-state index is -0.575. The van der Waals surface area contributed by atoms with Crippen molar-refractivity contribution in [1.82, 2.24) is 4.90 Å². The molecule has 0 radical (unpaired) electrons. The summed E-state index contributed by atoms with van der Waals surface area (Å²) < 4.78 is 0. The van der Waals surface area contributed by atoms with Crippen LogP contribution in [0.5, 0.6) is 0 Å². The number of carbonyl (C=O) groups is 1. The van der Waals surface area contributed by atoms with Crippen molar-refractivity contribution in [2.24, 2.45) is 11.8 Å². The van der Waals surface area contributed by atoms with Gasteiger partial charge in [0, 0.05) is 12.6 Å². The topological polar surface area (TPSA) is 40.5 Å². The standard InChI is InChI=1S/C15H27NO2/c1-2-16(11-12-7-6-8-12)14-10-5-3-4-9-13(14)15(17)18/h12-14H,2-11H2,1H3,(H,17,18). The van der Waals surface area contributed by atoms with Gasteiger partial charge in [0.25, 0.3) is 0 Å². The lowest BCUT2D eigenvalue weighted by Crippen LogP contribution is -2.46. The van der Waals surface area contributed by atoms with Gasteiger partial charge in [0.2, 0.25) is 0 Å². The van der Waals surface area contributed by atoms with Crippen LogP contribution in [0.25, 0.3) is 0 Å². The van der Waals surface area contributed by atoms with Crippen LogP contribution >= 0.6 is 0 Å². The summed E-state index contributed by atoms with van der Waals surface area (Å²) >= 11 is 0. The molecule has 0 aliphatic heterocycles. The first-order valence-corrected chi connectivity index (χ1v) is 7.69. The van der Waals surface area contributed by atoms with E-state index in [1.165, 1.54) is 32.1 Å². The molecule has 2 aliphatic carbocycles. The first-order chi connectivity index (χ1) is 8.72. The van der Waals surface area contributed by atoms with Gasteiger partial charge in [-0.3, -0.25) is 9.69 Å². The Bertz CT molecular complexity index is 276. The maximum atomic E-state index is 11.5. The smallest absolute Gasteiger partial charge is 0.308 e. The van der Waals surface area contributed by atoms with E-state index in [-0.39, 0.29) is 12.0 Å². The van der Waals surface area contributed by atoms with Crippen LogP contribution in [0.3, 0.4) is 0 Å². The Kier molecular flexibility index (Phi) is 5.04. The Hall–Kier alpha value is -0.570. The minimum Gasteiger partial charge on any atom is -0.481 e. The molecule has 2 saturated carbocycles.